The first kappa shape index (κ1) is 20.6. The van der Waals surface area contributed by atoms with E-state index in [2.05, 4.69) is 0 Å². The maximum atomic E-state index is 12.3. The summed E-state index contributed by atoms with van der Waals surface area (Å²) >= 11 is 0. The smallest absolute Gasteiger partial charge is 0.261 e. The average Bonchev–Trinajstić information content (AvgIpc) is 2.54. The van der Waals surface area contributed by atoms with Crippen molar-refractivity contribution in [2.75, 3.05) is 0 Å². The first-order chi connectivity index (χ1) is 12.0. The molecule has 2 aromatic rings. The van der Waals surface area contributed by atoms with E-state index in [1.807, 2.05) is 13.8 Å². The maximum absolute atomic E-state index is 12.3. The third-order valence-corrected chi connectivity index (χ3v) is 6.65. The van der Waals surface area contributed by atoms with Crippen LogP contribution in [0, 0.1) is 13.8 Å². The molecule has 8 heteroatoms. The third-order valence-electron chi connectivity index (χ3n) is 3.84. The molecule has 142 valence electrons. The highest BCUT2D eigenvalue weighted by molar-refractivity contribution is 7.87. The van der Waals surface area contributed by atoms with Crippen molar-refractivity contribution in [1.82, 2.24) is 0 Å². The first-order valence-corrected chi connectivity index (χ1v) is 10.8. The third kappa shape index (κ3) is 5.14. The molecule has 0 N–H and O–H groups in total. The molecule has 2 aromatic carbocycles. The van der Waals surface area contributed by atoms with Crippen LogP contribution in [0.25, 0.3) is 0 Å². The Morgan fingerprint density at radius 3 is 1.15 bits per heavy atom. The molecule has 0 aliphatic heterocycles. The molecule has 0 aliphatic rings. The minimum Gasteiger partial charge on any atom is -0.261 e. The van der Waals surface area contributed by atoms with Gasteiger partial charge in [-0.3, -0.25) is 8.37 Å². The van der Waals surface area contributed by atoms with Crippen molar-refractivity contribution in [2.45, 2.75) is 49.7 Å². The Labute approximate surface area is 155 Å². The minimum absolute atomic E-state index is 0.00328. The zero-order valence-electron chi connectivity index (χ0n) is 15.0. The van der Waals surface area contributed by atoms with E-state index in [0.29, 0.717) is 0 Å². The maximum Gasteiger partial charge on any atom is 0.297 e. The average molecular weight is 399 g/mol. The summed E-state index contributed by atoms with van der Waals surface area (Å²) in [5, 5.41) is 0. The number of rotatable bonds is 7. The van der Waals surface area contributed by atoms with Crippen molar-refractivity contribution in [2.24, 2.45) is 0 Å². The van der Waals surface area contributed by atoms with Gasteiger partial charge < -0.3 is 0 Å². The van der Waals surface area contributed by atoms with E-state index < -0.39 is 32.4 Å². The molecule has 0 radical (unpaired) electrons. The molecule has 6 nitrogen and oxygen atoms in total. The van der Waals surface area contributed by atoms with Gasteiger partial charge in [-0.25, -0.2) is 0 Å². The first-order valence-electron chi connectivity index (χ1n) is 8.01. The van der Waals surface area contributed by atoms with Crippen LogP contribution in [-0.2, 0) is 28.6 Å². The molecule has 2 atom stereocenters. The largest absolute Gasteiger partial charge is 0.297 e. The van der Waals surface area contributed by atoms with Gasteiger partial charge in [-0.15, -0.1) is 0 Å². The van der Waals surface area contributed by atoms with Crippen molar-refractivity contribution in [1.29, 1.82) is 0 Å². The zero-order valence-corrected chi connectivity index (χ0v) is 16.7. The lowest BCUT2D eigenvalue weighted by molar-refractivity contribution is 0.0871. The molecule has 0 saturated heterocycles. The highest BCUT2D eigenvalue weighted by Crippen LogP contribution is 2.20. The number of aryl methyl sites for hydroxylation is 2. The quantitative estimate of drug-likeness (QED) is 0.666. The van der Waals surface area contributed by atoms with Gasteiger partial charge in [0.2, 0.25) is 0 Å². The SMILES string of the molecule is Cc1ccc(S(=O)(=O)O[C@H](C)[C@@H](C)OS(=O)(=O)c2ccc(C)cc2)cc1. The molecule has 26 heavy (non-hydrogen) atoms. The molecule has 2 rings (SSSR count). The summed E-state index contributed by atoms with van der Waals surface area (Å²) in [4.78, 5) is 0.00656. The summed E-state index contributed by atoms with van der Waals surface area (Å²) in [5.74, 6) is 0. The van der Waals surface area contributed by atoms with Gasteiger partial charge in [0.25, 0.3) is 20.2 Å². The Kier molecular flexibility index (Phi) is 6.23. The van der Waals surface area contributed by atoms with Crippen molar-refractivity contribution >= 4 is 20.2 Å². The van der Waals surface area contributed by atoms with Gasteiger partial charge in [0.05, 0.1) is 9.79 Å². The summed E-state index contributed by atoms with van der Waals surface area (Å²) in [5.41, 5.74) is 1.83. The molecule has 0 heterocycles. The van der Waals surface area contributed by atoms with Crippen LogP contribution >= 0.6 is 0 Å². The molecule has 0 aliphatic carbocycles. The van der Waals surface area contributed by atoms with Gasteiger partial charge in [0.1, 0.15) is 12.2 Å². The van der Waals surface area contributed by atoms with Crippen LogP contribution in [0.2, 0.25) is 0 Å². The second-order valence-corrected chi connectivity index (χ2v) is 9.28. The van der Waals surface area contributed by atoms with Crippen molar-refractivity contribution in [3.05, 3.63) is 59.7 Å². The van der Waals surface area contributed by atoms with Crippen LogP contribution < -0.4 is 0 Å². The topological polar surface area (TPSA) is 86.7 Å². The van der Waals surface area contributed by atoms with Gasteiger partial charge in [-0.05, 0) is 52.0 Å². The summed E-state index contributed by atoms with van der Waals surface area (Å²) in [6.07, 6.45) is -2.00. The molecular weight excluding hydrogens is 376 g/mol. The van der Waals surface area contributed by atoms with E-state index in [9.17, 15) is 16.8 Å². The van der Waals surface area contributed by atoms with Crippen LogP contribution in [-0.4, -0.2) is 29.0 Å². The molecule has 0 spiro atoms. The highest BCUT2D eigenvalue weighted by atomic mass is 32.2. The lowest BCUT2D eigenvalue weighted by Crippen LogP contribution is -2.30. The van der Waals surface area contributed by atoms with Crippen molar-refractivity contribution in [3.8, 4) is 0 Å². The fourth-order valence-corrected chi connectivity index (χ4v) is 4.35. The van der Waals surface area contributed by atoms with E-state index >= 15 is 0 Å². The summed E-state index contributed by atoms with van der Waals surface area (Å²) in [7, 11) is -8.04. The zero-order chi connectivity index (χ0) is 19.5. The molecule has 0 aromatic heterocycles. The van der Waals surface area contributed by atoms with Crippen molar-refractivity contribution < 1.29 is 25.2 Å². The van der Waals surface area contributed by atoms with Crippen LogP contribution in [0.4, 0.5) is 0 Å². The summed E-state index contributed by atoms with van der Waals surface area (Å²) in [6.45, 7) is 6.57. The lowest BCUT2D eigenvalue weighted by Gasteiger charge is -2.20. The van der Waals surface area contributed by atoms with Crippen LogP contribution in [0.1, 0.15) is 25.0 Å². The van der Waals surface area contributed by atoms with E-state index in [1.54, 1.807) is 24.3 Å². The summed E-state index contributed by atoms with van der Waals surface area (Å²) < 4.78 is 59.4. The summed E-state index contributed by atoms with van der Waals surface area (Å²) in [6, 6.07) is 12.4. The molecule has 0 amide bonds. The molecule has 0 unspecified atom stereocenters. The Morgan fingerprint density at radius 2 is 0.885 bits per heavy atom. The normalized spacial score (nSPS) is 14.8. The second-order valence-electron chi connectivity index (χ2n) is 6.14. The van der Waals surface area contributed by atoms with Gasteiger partial charge >= 0.3 is 0 Å². The molecule has 0 saturated carbocycles. The van der Waals surface area contributed by atoms with Crippen LogP contribution in [0.15, 0.2) is 58.3 Å². The Hall–Kier alpha value is -1.74. The Bertz CT molecular complexity index is 864. The highest BCUT2D eigenvalue weighted by Gasteiger charge is 2.28. The minimum atomic E-state index is -4.02. The standard InChI is InChI=1S/C18H22O6S2/c1-13-5-9-17(10-6-13)25(19,20)23-15(3)16(4)24-26(21,22)18-11-7-14(2)8-12-18/h5-12,15-16H,1-4H3/t15-,16-/m1/s1. The molecular formula is C18H22O6S2. The number of hydrogen-bond donors (Lipinski definition) is 0. The van der Waals surface area contributed by atoms with E-state index in [-0.39, 0.29) is 9.79 Å². The van der Waals surface area contributed by atoms with E-state index in [4.69, 9.17) is 8.37 Å². The van der Waals surface area contributed by atoms with E-state index in [1.165, 1.54) is 38.1 Å². The van der Waals surface area contributed by atoms with Gasteiger partial charge in [-0.2, -0.15) is 16.8 Å². The predicted molar refractivity (Wildman–Crippen MR) is 97.8 cm³/mol. The molecule has 0 bridgehead atoms. The predicted octanol–water partition coefficient (Wildman–Crippen LogP) is 3.19. The Morgan fingerprint density at radius 1 is 0.615 bits per heavy atom. The van der Waals surface area contributed by atoms with Crippen molar-refractivity contribution in [3.63, 3.8) is 0 Å². The number of hydrogen-bond acceptors (Lipinski definition) is 6. The van der Waals surface area contributed by atoms with Gasteiger partial charge in [0, 0.05) is 0 Å². The number of benzene rings is 2. The van der Waals surface area contributed by atoms with Gasteiger partial charge in [-0.1, -0.05) is 35.4 Å². The molecule has 0 fully saturated rings. The van der Waals surface area contributed by atoms with E-state index in [0.717, 1.165) is 11.1 Å². The van der Waals surface area contributed by atoms with Crippen LogP contribution in [0.3, 0.4) is 0 Å². The fraction of sp³-hybridized carbons (Fsp3) is 0.333. The fourth-order valence-electron chi connectivity index (χ4n) is 2.08. The van der Waals surface area contributed by atoms with Gasteiger partial charge in [0.15, 0.2) is 0 Å². The second kappa shape index (κ2) is 7.87. The monoisotopic (exact) mass is 398 g/mol. The lowest BCUT2D eigenvalue weighted by atomic mass is 10.2. The van der Waals surface area contributed by atoms with Crippen LogP contribution in [0.5, 0.6) is 0 Å². The Balaban J connectivity index is 2.10.